The Kier molecular flexibility index (Phi) is 2.12. The summed E-state index contributed by atoms with van der Waals surface area (Å²) >= 11 is 6.40. The predicted octanol–water partition coefficient (Wildman–Crippen LogP) is 3.10. The number of aromatic nitrogens is 3. The third-order valence-corrected chi connectivity index (χ3v) is 3.24. The first-order valence-corrected chi connectivity index (χ1v) is 5.61. The summed E-state index contributed by atoms with van der Waals surface area (Å²) < 4.78 is 0. The van der Waals surface area contributed by atoms with Crippen LogP contribution in [0, 0.1) is 6.92 Å². The highest BCUT2D eigenvalue weighted by molar-refractivity contribution is 6.38. The number of hydrogen-bond acceptors (Lipinski definition) is 2. The van der Waals surface area contributed by atoms with Gasteiger partial charge in [0, 0.05) is 27.7 Å². The number of aryl methyl sites for hydroxylation is 1. The highest BCUT2D eigenvalue weighted by Crippen LogP contribution is 2.36. The van der Waals surface area contributed by atoms with Gasteiger partial charge in [0.05, 0.1) is 11.2 Å². The van der Waals surface area contributed by atoms with Crippen molar-refractivity contribution < 1.29 is 0 Å². The zero-order valence-corrected chi connectivity index (χ0v) is 9.97. The number of benzene rings is 1. The Labute approximate surface area is 103 Å². The van der Waals surface area contributed by atoms with Gasteiger partial charge in [-0.1, -0.05) is 17.7 Å². The van der Waals surface area contributed by atoms with Crippen molar-refractivity contribution in [2.24, 2.45) is 0 Å². The number of anilines is 1. The maximum Gasteiger partial charge on any atom is 0.126 e. The molecule has 86 valence electrons. The summed E-state index contributed by atoms with van der Waals surface area (Å²) in [6, 6.07) is 5.97. The van der Waals surface area contributed by atoms with Crippen molar-refractivity contribution in [3.8, 4) is 11.1 Å². The van der Waals surface area contributed by atoms with Crippen LogP contribution in [-0.4, -0.2) is 15.2 Å². The molecule has 0 fully saturated rings. The van der Waals surface area contributed by atoms with Crippen molar-refractivity contribution in [2.75, 3.05) is 5.73 Å². The van der Waals surface area contributed by atoms with Gasteiger partial charge in [0.15, 0.2) is 0 Å². The van der Waals surface area contributed by atoms with Crippen LogP contribution >= 0.6 is 11.6 Å². The molecule has 0 aliphatic rings. The molecule has 0 radical (unpaired) electrons. The van der Waals surface area contributed by atoms with Crippen molar-refractivity contribution >= 4 is 28.3 Å². The average molecular weight is 247 g/mol. The molecule has 3 rings (SSSR count). The molecule has 3 aromatic rings. The molecular formula is C12H11ClN4. The van der Waals surface area contributed by atoms with E-state index < -0.39 is 0 Å². The second-order valence-electron chi connectivity index (χ2n) is 4.04. The number of rotatable bonds is 1. The number of nitrogens with one attached hydrogen (secondary N) is 2. The SMILES string of the molecule is Cc1cc2c(Cl)c(-c3cn[nH]c3N)ccc2[nH]1. The Morgan fingerprint density at radius 2 is 2.12 bits per heavy atom. The molecule has 0 saturated heterocycles. The van der Waals surface area contributed by atoms with Crippen LogP contribution in [0.1, 0.15) is 5.69 Å². The number of hydrogen-bond donors (Lipinski definition) is 3. The molecule has 0 bridgehead atoms. The molecule has 4 N–H and O–H groups in total. The van der Waals surface area contributed by atoms with Crippen LogP contribution in [0.25, 0.3) is 22.0 Å². The highest BCUT2D eigenvalue weighted by atomic mass is 35.5. The minimum atomic E-state index is 0.526. The van der Waals surface area contributed by atoms with Crippen molar-refractivity contribution in [3.05, 3.63) is 35.1 Å². The van der Waals surface area contributed by atoms with Crippen molar-refractivity contribution in [1.29, 1.82) is 0 Å². The maximum atomic E-state index is 6.40. The summed E-state index contributed by atoms with van der Waals surface area (Å²) in [5.74, 6) is 0.526. The number of fused-ring (bicyclic) bond motifs is 1. The lowest BCUT2D eigenvalue weighted by Crippen LogP contribution is -1.88. The molecule has 0 aliphatic carbocycles. The van der Waals surface area contributed by atoms with E-state index in [1.807, 2.05) is 25.1 Å². The maximum absolute atomic E-state index is 6.40. The summed E-state index contributed by atoms with van der Waals surface area (Å²) in [5, 5.41) is 8.31. The quantitative estimate of drug-likeness (QED) is 0.617. The van der Waals surface area contributed by atoms with E-state index in [1.165, 1.54) is 0 Å². The zero-order valence-electron chi connectivity index (χ0n) is 9.21. The van der Waals surface area contributed by atoms with Crippen LogP contribution in [0.3, 0.4) is 0 Å². The Hall–Kier alpha value is -1.94. The second-order valence-corrected chi connectivity index (χ2v) is 4.42. The molecule has 17 heavy (non-hydrogen) atoms. The van der Waals surface area contributed by atoms with Crippen LogP contribution in [0.4, 0.5) is 5.82 Å². The van der Waals surface area contributed by atoms with Gasteiger partial charge in [0.1, 0.15) is 5.82 Å². The van der Waals surface area contributed by atoms with Crippen molar-refractivity contribution in [2.45, 2.75) is 6.92 Å². The van der Waals surface area contributed by atoms with E-state index in [0.717, 1.165) is 27.7 Å². The summed E-state index contributed by atoms with van der Waals surface area (Å²) in [7, 11) is 0. The third-order valence-electron chi connectivity index (χ3n) is 2.83. The van der Waals surface area contributed by atoms with Crippen LogP contribution in [0.2, 0.25) is 5.02 Å². The second kappa shape index (κ2) is 3.53. The van der Waals surface area contributed by atoms with Crippen LogP contribution in [0.15, 0.2) is 24.4 Å². The van der Waals surface area contributed by atoms with E-state index in [9.17, 15) is 0 Å². The van der Waals surface area contributed by atoms with Gasteiger partial charge >= 0.3 is 0 Å². The Morgan fingerprint density at radius 1 is 1.29 bits per heavy atom. The van der Waals surface area contributed by atoms with E-state index in [1.54, 1.807) is 6.20 Å². The van der Waals surface area contributed by atoms with E-state index in [-0.39, 0.29) is 0 Å². The van der Waals surface area contributed by atoms with Crippen LogP contribution in [-0.2, 0) is 0 Å². The average Bonchev–Trinajstić information content (AvgIpc) is 2.85. The predicted molar refractivity (Wildman–Crippen MR) is 70.0 cm³/mol. The standard InChI is InChI=1S/C12H11ClN4/c1-6-4-8-10(16-6)3-2-7(11(8)13)9-5-15-17-12(9)14/h2-5,16H,1H3,(H3,14,15,17). The van der Waals surface area contributed by atoms with Gasteiger partial charge in [-0.2, -0.15) is 5.10 Å². The zero-order chi connectivity index (χ0) is 12.0. The Bertz CT molecular complexity index is 696. The van der Waals surface area contributed by atoms with E-state index in [4.69, 9.17) is 17.3 Å². The molecule has 1 aromatic carbocycles. The smallest absolute Gasteiger partial charge is 0.126 e. The number of aromatic amines is 2. The molecule has 5 heteroatoms. The third kappa shape index (κ3) is 1.49. The van der Waals surface area contributed by atoms with Gasteiger partial charge in [-0.3, -0.25) is 5.10 Å². The molecule has 0 unspecified atom stereocenters. The van der Waals surface area contributed by atoms with Gasteiger partial charge < -0.3 is 10.7 Å². The topological polar surface area (TPSA) is 70.5 Å². The van der Waals surface area contributed by atoms with Gasteiger partial charge in [-0.25, -0.2) is 0 Å². The molecule has 0 aliphatic heterocycles. The largest absolute Gasteiger partial charge is 0.384 e. The number of H-pyrrole nitrogens is 2. The van der Waals surface area contributed by atoms with Gasteiger partial charge in [0.2, 0.25) is 0 Å². The summed E-state index contributed by atoms with van der Waals surface area (Å²) in [6.07, 6.45) is 1.68. The van der Waals surface area contributed by atoms with Crippen molar-refractivity contribution in [3.63, 3.8) is 0 Å². The van der Waals surface area contributed by atoms with Gasteiger partial charge in [0.25, 0.3) is 0 Å². The molecule has 0 amide bonds. The number of nitrogen functional groups attached to an aromatic ring is 1. The fraction of sp³-hybridized carbons (Fsp3) is 0.0833. The fourth-order valence-corrected chi connectivity index (χ4v) is 2.35. The highest BCUT2D eigenvalue weighted by Gasteiger charge is 2.12. The molecule has 4 nitrogen and oxygen atoms in total. The van der Waals surface area contributed by atoms with Gasteiger partial charge in [-0.05, 0) is 19.1 Å². The molecule has 2 heterocycles. The minimum Gasteiger partial charge on any atom is -0.384 e. The summed E-state index contributed by atoms with van der Waals surface area (Å²) in [4.78, 5) is 3.25. The van der Waals surface area contributed by atoms with E-state index in [0.29, 0.717) is 10.8 Å². The summed E-state index contributed by atoms with van der Waals surface area (Å²) in [6.45, 7) is 2.00. The first kappa shape index (κ1) is 10.2. The van der Waals surface area contributed by atoms with Crippen molar-refractivity contribution in [1.82, 2.24) is 15.2 Å². The first-order valence-electron chi connectivity index (χ1n) is 5.24. The Balaban J connectivity index is 2.31. The lowest BCUT2D eigenvalue weighted by atomic mass is 10.1. The normalized spacial score (nSPS) is 11.2. The lowest BCUT2D eigenvalue weighted by Gasteiger charge is -2.03. The van der Waals surface area contributed by atoms with E-state index >= 15 is 0 Å². The van der Waals surface area contributed by atoms with Crippen LogP contribution in [0.5, 0.6) is 0 Å². The molecule has 2 aromatic heterocycles. The Morgan fingerprint density at radius 3 is 2.82 bits per heavy atom. The van der Waals surface area contributed by atoms with Crippen LogP contribution < -0.4 is 5.73 Å². The van der Waals surface area contributed by atoms with Gasteiger partial charge in [-0.15, -0.1) is 0 Å². The van der Waals surface area contributed by atoms with E-state index in [2.05, 4.69) is 15.2 Å². The molecule has 0 saturated carbocycles. The molecule has 0 atom stereocenters. The number of halogens is 1. The summed E-state index contributed by atoms with van der Waals surface area (Å²) in [5.41, 5.74) is 9.64. The molecule has 0 spiro atoms. The lowest BCUT2D eigenvalue weighted by molar-refractivity contribution is 1.10. The number of nitrogens with zero attached hydrogens (tertiary/aromatic N) is 1. The first-order chi connectivity index (χ1) is 8.16. The minimum absolute atomic E-state index is 0.526. The monoisotopic (exact) mass is 246 g/mol. The molecular weight excluding hydrogens is 236 g/mol. The fourth-order valence-electron chi connectivity index (χ4n) is 2.03. The number of nitrogens with two attached hydrogens (primary N) is 1.